The van der Waals surface area contributed by atoms with Crippen molar-refractivity contribution in [2.24, 2.45) is 0 Å². The first-order valence-electron chi connectivity index (χ1n) is 10.8. The molecule has 2 aromatic carbocycles. The third kappa shape index (κ3) is 3.69. The molecule has 0 radical (unpaired) electrons. The monoisotopic (exact) mass is 433 g/mol. The number of hydrogen-bond acceptors (Lipinski definition) is 5. The number of hydrogen-bond donors (Lipinski definition) is 3. The van der Waals surface area contributed by atoms with Gasteiger partial charge >= 0.3 is 0 Å². The SMILES string of the molecule is C=C1NCCc2cc(-c3cc(-c4ccc(N5CCNCC5)cc4)c(F)nc3N)c(F)cc21. The van der Waals surface area contributed by atoms with E-state index in [0.29, 0.717) is 28.0 Å². The van der Waals surface area contributed by atoms with Gasteiger partial charge in [0.05, 0.1) is 0 Å². The van der Waals surface area contributed by atoms with E-state index in [1.54, 1.807) is 12.1 Å². The summed E-state index contributed by atoms with van der Waals surface area (Å²) in [6.45, 7) is 8.43. The van der Waals surface area contributed by atoms with Gasteiger partial charge in [-0.3, -0.25) is 0 Å². The molecule has 5 rings (SSSR count). The molecule has 5 nitrogen and oxygen atoms in total. The molecule has 4 N–H and O–H groups in total. The standard InChI is InChI=1S/C25H25F2N5/c1-15-19-14-23(26)21(12-17(19)6-7-30-15)22-13-20(24(27)31-25(22)28)16-2-4-18(5-3-16)32-10-8-29-9-11-32/h2-5,12-14,29-30H,1,6-11H2,(H2,28,31). The molecule has 2 aliphatic heterocycles. The third-order valence-corrected chi connectivity index (χ3v) is 6.21. The Labute approximate surface area is 186 Å². The van der Waals surface area contributed by atoms with Gasteiger partial charge in [0.2, 0.25) is 5.95 Å². The highest BCUT2D eigenvalue weighted by atomic mass is 19.1. The van der Waals surface area contributed by atoms with Gasteiger partial charge in [0, 0.05) is 66.4 Å². The van der Waals surface area contributed by atoms with Gasteiger partial charge in [-0.2, -0.15) is 4.39 Å². The number of aromatic nitrogens is 1. The molecule has 0 bridgehead atoms. The van der Waals surface area contributed by atoms with E-state index in [1.807, 2.05) is 24.3 Å². The van der Waals surface area contributed by atoms with Crippen LogP contribution in [-0.2, 0) is 6.42 Å². The summed E-state index contributed by atoms with van der Waals surface area (Å²) in [5, 5.41) is 6.48. The number of nitrogens with one attached hydrogen (secondary N) is 2. The number of halogens is 2. The summed E-state index contributed by atoms with van der Waals surface area (Å²) in [6, 6.07) is 12.5. The van der Waals surface area contributed by atoms with Crippen LogP contribution in [-0.4, -0.2) is 37.7 Å². The van der Waals surface area contributed by atoms with Gasteiger partial charge in [-0.15, -0.1) is 0 Å². The highest BCUT2D eigenvalue weighted by Crippen LogP contribution is 2.36. The quantitative estimate of drug-likeness (QED) is 0.549. The van der Waals surface area contributed by atoms with Crippen LogP contribution in [0.2, 0.25) is 0 Å². The van der Waals surface area contributed by atoms with E-state index >= 15 is 4.39 Å². The number of nitrogen functional groups attached to an aromatic ring is 1. The number of anilines is 2. The lowest BCUT2D eigenvalue weighted by Crippen LogP contribution is -2.43. The lowest BCUT2D eigenvalue weighted by Gasteiger charge is -2.29. The maximum absolute atomic E-state index is 15.1. The molecule has 32 heavy (non-hydrogen) atoms. The molecule has 0 aliphatic carbocycles. The van der Waals surface area contributed by atoms with Crippen LogP contribution in [0.15, 0.2) is 49.0 Å². The fourth-order valence-corrected chi connectivity index (χ4v) is 4.45. The Morgan fingerprint density at radius 3 is 2.41 bits per heavy atom. The molecule has 164 valence electrons. The number of nitrogens with zero attached hydrogens (tertiary/aromatic N) is 2. The summed E-state index contributed by atoms with van der Waals surface area (Å²) in [7, 11) is 0. The number of rotatable bonds is 3. The van der Waals surface area contributed by atoms with Crippen LogP contribution in [0.25, 0.3) is 28.0 Å². The van der Waals surface area contributed by atoms with Crippen LogP contribution in [0, 0.1) is 11.8 Å². The van der Waals surface area contributed by atoms with Gasteiger partial charge in [-0.25, -0.2) is 9.37 Å². The Morgan fingerprint density at radius 2 is 1.66 bits per heavy atom. The zero-order valence-corrected chi connectivity index (χ0v) is 17.7. The van der Waals surface area contributed by atoms with E-state index in [1.165, 1.54) is 6.07 Å². The molecule has 1 saturated heterocycles. The number of fused-ring (bicyclic) bond motifs is 1. The van der Waals surface area contributed by atoms with Crippen molar-refractivity contribution < 1.29 is 8.78 Å². The third-order valence-electron chi connectivity index (χ3n) is 6.21. The van der Waals surface area contributed by atoms with E-state index in [2.05, 4.69) is 27.1 Å². The van der Waals surface area contributed by atoms with Crippen LogP contribution in [0.5, 0.6) is 0 Å². The second-order valence-corrected chi connectivity index (χ2v) is 8.19. The van der Waals surface area contributed by atoms with E-state index in [0.717, 1.165) is 56.0 Å². The molecule has 0 atom stereocenters. The van der Waals surface area contributed by atoms with Gasteiger partial charge in [0.1, 0.15) is 11.6 Å². The van der Waals surface area contributed by atoms with E-state index in [-0.39, 0.29) is 5.82 Å². The fraction of sp³-hybridized carbons (Fsp3) is 0.240. The molecule has 0 unspecified atom stereocenters. The van der Waals surface area contributed by atoms with Crippen molar-refractivity contribution in [2.45, 2.75) is 6.42 Å². The van der Waals surface area contributed by atoms with Crippen LogP contribution in [0.4, 0.5) is 20.3 Å². The molecule has 0 saturated carbocycles. The smallest absolute Gasteiger partial charge is 0.222 e. The average Bonchev–Trinajstić information content (AvgIpc) is 2.81. The van der Waals surface area contributed by atoms with E-state index in [4.69, 9.17) is 5.73 Å². The molecule has 7 heteroatoms. The second kappa shape index (κ2) is 8.24. The normalized spacial score (nSPS) is 15.9. The highest BCUT2D eigenvalue weighted by molar-refractivity contribution is 5.82. The summed E-state index contributed by atoms with van der Waals surface area (Å²) >= 11 is 0. The number of nitrogens with two attached hydrogens (primary N) is 1. The van der Waals surface area contributed by atoms with Crippen molar-refractivity contribution in [1.82, 2.24) is 15.6 Å². The summed E-state index contributed by atoms with van der Waals surface area (Å²) in [6.07, 6.45) is 0.747. The Kier molecular flexibility index (Phi) is 5.27. The van der Waals surface area contributed by atoms with Crippen LogP contribution in [0.1, 0.15) is 11.1 Å². The predicted octanol–water partition coefficient (Wildman–Crippen LogP) is 3.80. The summed E-state index contributed by atoms with van der Waals surface area (Å²) in [5.41, 5.74) is 11.2. The first-order valence-corrected chi connectivity index (χ1v) is 10.8. The summed E-state index contributed by atoms with van der Waals surface area (Å²) < 4.78 is 29.8. The predicted molar refractivity (Wildman–Crippen MR) is 125 cm³/mol. The van der Waals surface area contributed by atoms with E-state index < -0.39 is 11.8 Å². The zero-order chi connectivity index (χ0) is 22.2. The van der Waals surface area contributed by atoms with Gasteiger partial charge in [-0.05, 0) is 47.9 Å². The largest absolute Gasteiger partial charge is 0.385 e. The van der Waals surface area contributed by atoms with Crippen molar-refractivity contribution in [3.63, 3.8) is 0 Å². The van der Waals surface area contributed by atoms with Crippen LogP contribution < -0.4 is 21.3 Å². The molecular weight excluding hydrogens is 408 g/mol. The van der Waals surface area contributed by atoms with Crippen molar-refractivity contribution in [3.8, 4) is 22.3 Å². The summed E-state index contributed by atoms with van der Waals surface area (Å²) in [5.74, 6) is -1.14. The number of benzene rings is 2. The minimum absolute atomic E-state index is 0.0321. The fourth-order valence-electron chi connectivity index (χ4n) is 4.45. The van der Waals surface area contributed by atoms with Gasteiger partial charge in [0.15, 0.2) is 0 Å². The lowest BCUT2D eigenvalue weighted by molar-refractivity contribution is 0.588. The van der Waals surface area contributed by atoms with E-state index in [9.17, 15) is 4.39 Å². The molecule has 1 aromatic heterocycles. The first-order chi connectivity index (χ1) is 15.5. The zero-order valence-electron chi connectivity index (χ0n) is 17.7. The molecule has 2 aliphatic rings. The van der Waals surface area contributed by atoms with Crippen molar-refractivity contribution >= 4 is 17.2 Å². The van der Waals surface area contributed by atoms with Crippen LogP contribution in [0.3, 0.4) is 0 Å². The number of piperazine rings is 1. The molecule has 0 spiro atoms. The van der Waals surface area contributed by atoms with Crippen molar-refractivity contribution in [3.05, 3.63) is 71.9 Å². The Balaban J connectivity index is 1.53. The Morgan fingerprint density at radius 1 is 0.906 bits per heavy atom. The molecular formula is C25H25F2N5. The highest BCUT2D eigenvalue weighted by Gasteiger charge is 2.20. The minimum atomic E-state index is -0.669. The molecule has 3 aromatic rings. The van der Waals surface area contributed by atoms with Crippen LogP contribution >= 0.6 is 0 Å². The van der Waals surface area contributed by atoms with Gasteiger partial charge in [0.25, 0.3) is 0 Å². The Bertz CT molecular complexity index is 1180. The maximum atomic E-state index is 15.1. The van der Waals surface area contributed by atoms with Crippen molar-refractivity contribution in [1.29, 1.82) is 0 Å². The van der Waals surface area contributed by atoms with Crippen molar-refractivity contribution in [2.75, 3.05) is 43.4 Å². The number of pyridine rings is 1. The maximum Gasteiger partial charge on any atom is 0.222 e. The first kappa shape index (κ1) is 20.5. The van der Waals surface area contributed by atoms with Gasteiger partial charge in [-0.1, -0.05) is 18.7 Å². The molecule has 1 fully saturated rings. The molecule has 0 amide bonds. The lowest BCUT2D eigenvalue weighted by atomic mass is 9.92. The second-order valence-electron chi connectivity index (χ2n) is 8.19. The molecule has 3 heterocycles. The minimum Gasteiger partial charge on any atom is -0.385 e. The average molecular weight is 434 g/mol. The Hall–Kier alpha value is -3.45. The topological polar surface area (TPSA) is 66.2 Å². The summed E-state index contributed by atoms with van der Waals surface area (Å²) in [4.78, 5) is 6.19. The van der Waals surface area contributed by atoms with Gasteiger partial charge < -0.3 is 21.3 Å².